The molecule has 0 aliphatic heterocycles. The van der Waals surface area contributed by atoms with E-state index in [2.05, 4.69) is 0 Å². The number of aliphatic carboxylic acids is 1. The number of hydrogen-bond donors (Lipinski definition) is 0. The Hall–Kier alpha value is -1.64. The highest BCUT2D eigenvalue weighted by Gasteiger charge is 2.04. The van der Waals surface area contributed by atoms with Gasteiger partial charge in [0.05, 0.1) is 0 Å². The Kier molecular flexibility index (Phi) is 10.0. The maximum atomic E-state index is 11.9. The molecule has 23 heavy (non-hydrogen) atoms. The Labute approximate surface area is 140 Å². The van der Waals surface area contributed by atoms with Crippen molar-refractivity contribution in [2.45, 2.75) is 71.1 Å². The number of carboxylic acid groups (broad SMARTS) is 1. The minimum Gasteiger partial charge on any atom is -0.550 e. The molecule has 3 heteroatoms. The standard InChI is InChI=1S/C20H30O3/c1-17(20(22)23)13-9-6-4-2-3-5-7-12-16-19(21)18-14-10-8-11-15-18/h8,10-11,14-15,17H,2-7,9,12-13,16H2,1H3,(H,22,23)/p-1/t17-/m0/s1. The van der Waals surface area contributed by atoms with Gasteiger partial charge in [0.2, 0.25) is 0 Å². The monoisotopic (exact) mass is 317 g/mol. The van der Waals surface area contributed by atoms with Crippen molar-refractivity contribution in [3.8, 4) is 0 Å². The van der Waals surface area contributed by atoms with Crippen LogP contribution in [0.5, 0.6) is 0 Å². The Balaban J connectivity index is 1.90. The maximum Gasteiger partial charge on any atom is 0.162 e. The van der Waals surface area contributed by atoms with Gasteiger partial charge in [-0.25, -0.2) is 0 Å². The van der Waals surface area contributed by atoms with E-state index in [1.807, 2.05) is 30.3 Å². The van der Waals surface area contributed by atoms with E-state index < -0.39 is 5.97 Å². The van der Waals surface area contributed by atoms with Crippen LogP contribution in [-0.4, -0.2) is 11.8 Å². The summed E-state index contributed by atoms with van der Waals surface area (Å²) in [6, 6.07) is 9.49. The van der Waals surface area contributed by atoms with Crippen molar-refractivity contribution >= 4 is 11.8 Å². The number of carbonyl (C=O) groups excluding carboxylic acids is 2. The topological polar surface area (TPSA) is 57.2 Å². The van der Waals surface area contributed by atoms with Crippen molar-refractivity contribution in [1.29, 1.82) is 0 Å². The first-order chi connectivity index (χ1) is 11.1. The molecule has 0 spiro atoms. The average molecular weight is 317 g/mol. The summed E-state index contributed by atoms with van der Waals surface area (Å²) in [5.41, 5.74) is 0.818. The van der Waals surface area contributed by atoms with Gasteiger partial charge in [-0.05, 0) is 18.8 Å². The van der Waals surface area contributed by atoms with Crippen molar-refractivity contribution in [3.05, 3.63) is 35.9 Å². The van der Waals surface area contributed by atoms with Gasteiger partial charge in [0.1, 0.15) is 0 Å². The smallest absolute Gasteiger partial charge is 0.162 e. The van der Waals surface area contributed by atoms with Crippen LogP contribution in [0.3, 0.4) is 0 Å². The zero-order chi connectivity index (χ0) is 16.9. The Morgan fingerprint density at radius 3 is 1.96 bits per heavy atom. The highest BCUT2D eigenvalue weighted by molar-refractivity contribution is 5.95. The molecular formula is C20H29O3-. The van der Waals surface area contributed by atoms with Crippen LogP contribution in [0.1, 0.15) is 81.5 Å². The van der Waals surface area contributed by atoms with E-state index in [1.165, 1.54) is 25.7 Å². The Bertz CT molecular complexity index is 453. The van der Waals surface area contributed by atoms with Gasteiger partial charge >= 0.3 is 0 Å². The lowest BCUT2D eigenvalue weighted by molar-refractivity contribution is -0.311. The van der Waals surface area contributed by atoms with Gasteiger partial charge < -0.3 is 9.90 Å². The molecule has 0 aliphatic rings. The van der Waals surface area contributed by atoms with Crippen molar-refractivity contribution in [1.82, 2.24) is 0 Å². The number of ketones is 1. The van der Waals surface area contributed by atoms with Crippen LogP contribution in [0.25, 0.3) is 0 Å². The van der Waals surface area contributed by atoms with Crippen LogP contribution < -0.4 is 5.11 Å². The minimum absolute atomic E-state index is 0.243. The van der Waals surface area contributed by atoms with Crippen LogP contribution in [0.2, 0.25) is 0 Å². The third-order valence-electron chi connectivity index (χ3n) is 4.29. The lowest BCUT2D eigenvalue weighted by Crippen LogP contribution is -2.29. The molecule has 0 aromatic heterocycles. The molecule has 3 nitrogen and oxygen atoms in total. The summed E-state index contributed by atoms with van der Waals surface area (Å²) in [6.45, 7) is 1.71. The maximum absolute atomic E-state index is 11.9. The average Bonchev–Trinajstić information content (AvgIpc) is 2.56. The number of rotatable bonds is 13. The predicted octanol–water partition coefficient (Wildman–Crippen LogP) is 4.16. The van der Waals surface area contributed by atoms with Crippen molar-refractivity contribution < 1.29 is 14.7 Å². The molecule has 0 fully saturated rings. The Morgan fingerprint density at radius 2 is 1.39 bits per heavy atom. The molecule has 1 aromatic carbocycles. The van der Waals surface area contributed by atoms with E-state index in [-0.39, 0.29) is 11.7 Å². The van der Waals surface area contributed by atoms with E-state index in [9.17, 15) is 14.7 Å². The zero-order valence-corrected chi connectivity index (χ0v) is 14.3. The van der Waals surface area contributed by atoms with Crippen molar-refractivity contribution in [3.63, 3.8) is 0 Å². The quantitative estimate of drug-likeness (QED) is 0.405. The summed E-state index contributed by atoms with van der Waals surface area (Å²) in [5, 5.41) is 10.6. The summed E-state index contributed by atoms with van der Waals surface area (Å²) in [7, 11) is 0. The summed E-state index contributed by atoms with van der Waals surface area (Å²) in [6.07, 6.45) is 10.3. The molecule has 1 aromatic rings. The van der Waals surface area contributed by atoms with Gasteiger partial charge in [-0.1, -0.05) is 82.2 Å². The number of unbranched alkanes of at least 4 members (excludes halogenated alkanes) is 7. The summed E-state index contributed by atoms with van der Waals surface area (Å²) >= 11 is 0. The fraction of sp³-hybridized carbons (Fsp3) is 0.600. The SMILES string of the molecule is C[C@@H](CCCCCCCCCCC(=O)c1ccccc1)C(=O)[O-]. The largest absolute Gasteiger partial charge is 0.550 e. The molecule has 0 N–H and O–H groups in total. The van der Waals surface area contributed by atoms with Gasteiger partial charge in [0.15, 0.2) is 5.78 Å². The van der Waals surface area contributed by atoms with Crippen LogP contribution in [0.15, 0.2) is 30.3 Å². The summed E-state index contributed by atoms with van der Waals surface area (Å²) in [5.74, 6) is -1.01. The third kappa shape index (κ3) is 9.17. The molecule has 1 atom stereocenters. The second kappa shape index (κ2) is 11.9. The molecule has 0 amide bonds. The first kappa shape index (κ1) is 19.4. The molecule has 0 saturated carbocycles. The predicted molar refractivity (Wildman–Crippen MR) is 91.1 cm³/mol. The summed E-state index contributed by atoms with van der Waals surface area (Å²) in [4.78, 5) is 22.5. The number of hydrogen-bond acceptors (Lipinski definition) is 3. The molecule has 0 heterocycles. The fourth-order valence-corrected chi connectivity index (χ4v) is 2.68. The highest BCUT2D eigenvalue weighted by atomic mass is 16.4. The van der Waals surface area contributed by atoms with Gasteiger partial charge in [0.25, 0.3) is 0 Å². The fourth-order valence-electron chi connectivity index (χ4n) is 2.68. The van der Waals surface area contributed by atoms with E-state index in [4.69, 9.17) is 0 Å². The first-order valence-corrected chi connectivity index (χ1v) is 8.90. The zero-order valence-electron chi connectivity index (χ0n) is 14.3. The lowest BCUT2D eigenvalue weighted by Gasteiger charge is -2.11. The number of carbonyl (C=O) groups is 2. The molecule has 0 unspecified atom stereocenters. The van der Waals surface area contributed by atoms with E-state index in [0.29, 0.717) is 6.42 Å². The van der Waals surface area contributed by atoms with E-state index in [1.54, 1.807) is 6.92 Å². The first-order valence-electron chi connectivity index (χ1n) is 8.90. The molecule has 128 valence electrons. The normalized spacial score (nSPS) is 12.0. The van der Waals surface area contributed by atoms with Gasteiger partial charge in [0, 0.05) is 18.0 Å². The van der Waals surface area contributed by atoms with Gasteiger partial charge in [-0.3, -0.25) is 4.79 Å². The molecule has 1 rings (SSSR count). The Morgan fingerprint density at radius 1 is 0.870 bits per heavy atom. The second-order valence-electron chi connectivity index (χ2n) is 6.38. The number of carboxylic acids is 1. The van der Waals surface area contributed by atoms with Crippen molar-refractivity contribution in [2.75, 3.05) is 0 Å². The molecule has 0 radical (unpaired) electrons. The molecule has 0 saturated heterocycles. The second-order valence-corrected chi connectivity index (χ2v) is 6.38. The van der Waals surface area contributed by atoms with E-state index >= 15 is 0 Å². The third-order valence-corrected chi connectivity index (χ3v) is 4.29. The number of Topliss-reactive ketones (excluding diaryl/α,β-unsaturated/α-hetero) is 1. The van der Waals surface area contributed by atoms with Crippen LogP contribution in [0, 0.1) is 5.92 Å². The molecule has 0 bridgehead atoms. The highest BCUT2D eigenvalue weighted by Crippen LogP contribution is 2.14. The van der Waals surface area contributed by atoms with Gasteiger partial charge in [-0.15, -0.1) is 0 Å². The summed E-state index contributed by atoms with van der Waals surface area (Å²) < 4.78 is 0. The molecular weight excluding hydrogens is 288 g/mol. The lowest BCUT2D eigenvalue weighted by atomic mass is 10.0. The van der Waals surface area contributed by atoms with Gasteiger partial charge in [-0.2, -0.15) is 0 Å². The van der Waals surface area contributed by atoms with Crippen LogP contribution >= 0.6 is 0 Å². The van der Waals surface area contributed by atoms with Crippen LogP contribution in [-0.2, 0) is 4.79 Å². The molecule has 0 aliphatic carbocycles. The van der Waals surface area contributed by atoms with E-state index in [0.717, 1.165) is 37.7 Å². The van der Waals surface area contributed by atoms with Crippen molar-refractivity contribution in [2.24, 2.45) is 5.92 Å². The van der Waals surface area contributed by atoms with Crippen LogP contribution in [0.4, 0.5) is 0 Å². The number of benzene rings is 1. The minimum atomic E-state index is -0.935.